The molecule has 216 valence electrons. The van der Waals surface area contributed by atoms with Crippen LogP contribution in [0, 0.1) is 11.8 Å². The van der Waals surface area contributed by atoms with E-state index in [4.69, 9.17) is 9.47 Å². The zero-order valence-electron chi connectivity index (χ0n) is 24.7. The van der Waals surface area contributed by atoms with Gasteiger partial charge in [0.25, 0.3) is 11.8 Å². The number of ether oxygens (including phenoxy) is 2. The number of halogens is 2. The van der Waals surface area contributed by atoms with Crippen molar-refractivity contribution in [3.05, 3.63) is 45.9 Å². The van der Waals surface area contributed by atoms with Crippen molar-refractivity contribution in [1.29, 1.82) is 0 Å². The Morgan fingerprint density at radius 2 is 1.79 bits per heavy atom. The molecule has 1 fully saturated rings. The van der Waals surface area contributed by atoms with Crippen molar-refractivity contribution in [3.63, 3.8) is 0 Å². The van der Waals surface area contributed by atoms with Gasteiger partial charge in [-0.15, -0.1) is 11.3 Å². The Hall–Kier alpha value is -2.55. The van der Waals surface area contributed by atoms with E-state index in [-0.39, 0.29) is 29.7 Å². The Morgan fingerprint density at radius 1 is 1.15 bits per heavy atom. The van der Waals surface area contributed by atoms with E-state index in [0.29, 0.717) is 10.8 Å². The van der Waals surface area contributed by atoms with Crippen LogP contribution in [0.4, 0.5) is 8.78 Å². The lowest BCUT2D eigenvalue weighted by atomic mass is 9.81. The molecule has 1 aromatic heterocycles. The van der Waals surface area contributed by atoms with Gasteiger partial charge in [-0.25, -0.2) is 18.6 Å². The predicted octanol–water partition coefficient (Wildman–Crippen LogP) is 7.43. The van der Waals surface area contributed by atoms with Crippen LogP contribution in [0.15, 0.2) is 29.8 Å². The molecule has 0 aliphatic carbocycles. The molecule has 1 amide bonds. The number of esters is 1. The first-order chi connectivity index (χ1) is 17.8. The highest BCUT2D eigenvalue weighted by atomic mass is 32.1. The van der Waals surface area contributed by atoms with Gasteiger partial charge in [0.15, 0.2) is 0 Å². The Morgan fingerprint density at radius 3 is 2.26 bits per heavy atom. The third-order valence-corrected chi connectivity index (χ3v) is 7.88. The van der Waals surface area contributed by atoms with E-state index in [2.05, 4.69) is 4.98 Å². The lowest BCUT2D eigenvalue weighted by Gasteiger charge is -2.41. The van der Waals surface area contributed by atoms with Crippen molar-refractivity contribution in [2.45, 2.75) is 104 Å². The Balaban J connectivity index is 2.31. The van der Waals surface area contributed by atoms with Crippen LogP contribution >= 0.6 is 11.3 Å². The highest BCUT2D eigenvalue weighted by molar-refractivity contribution is 7.09. The molecule has 39 heavy (non-hydrogen) atoms. The van der Waals surface area contributed by atoms with Crippen molar-refractivity contribution in [3.8, 4) is 5.75 Å². The number of nitrogens with zero attached hydrogens (tertiary/aromatic N) is 2. The van der Waals surface area contributed by atoms with E-state index in [1.165, 1.54) is 29.5 Å². The van der Waals surface area contributed by atoms with E-state index < -0.39 is 40.9 Å². The van der Waals surface area contributed by atoms with E-state index in [0.717, 1.165) is 12.5 Å². The van der Waals surface area contributed by atoms with Crippen LogP contribution in [-0.2, 0) is 14.9 Å². The first-order valence-corrected chi connectivity index (χ1v) is 14.2. The molecule has 2 heterocycles. The third kappa shape index (κ3) is 6.44. The molecule has 6 nitrogen and oxygen atoms in total. The second-order valence-electron chi connectivity index (χ2n) is 13.1. The standard InChI is InChI=1S/C30H42F2N2O4S/c1-18(2)16-30(26(36)38-28(6,7)8)17-21(29(9,31)32)23(24-33-13-14-39-24)34(30)25(35)19-11-12-20(27(3,4)5)22(15-19)37-10/h11-15,18,21,23H,16-17H2,1-10H3/t21-,23-,30+/m1/s1. The maximum Gasteiger partial charge on any atom is 0.332 e. The molecule has 3 rings (SSSR count). The molecule has 0 unspecified atom stereocenters. The molecule has 0 saturated carbocycles. The van der Waals surface area contributed by atoms with Crippen molar-refractivity contribution >= 4 is 23.2 Å². The van der Waals surface area contributed by atoms with Crippen LogP contribution in [0.5, 0.6) is 5.75 Å². The van der Waals surface area contributed by atoms with Gasteiger partial charge in [-0.1, -0.05) is 40.7 Å². The molecule has 2 aromatic rings. The summed E-state index contributed by atoms with van der Waals surface area (Å²) in [5.41, 5.74) is -1.60. The minimum absolute atomic E-state index is 0.0909. The number of rotatable bonds is 7. The molecule has 1 aliphatic heterocycles. The SMILES string of the molecule is COc1cc(C(=O)N2[C@@H](c3nccs3)[C@H](C(C)(F)F)C[C@@]2(CC(C)C)C(=O)OC(C)(C)C)ccc1C(C)(C)C. The van der Waals surface area contributed by atoms with Gasteiger partial charge in [0.2, 0.25) is 0 Å². The number of aromatic nitrogens is 1. The van der Waals surface area contributed by atoms with E-state index in [9.17, 15) is 9.59 Å². The van der Waals surface area contributed by atoms with Crippen LogP contribution in [0.2, 0.25) is 0 Å². The summed E-state index contributed by atoms with van der Waals surface area (Å²) in [7, 11) is 1.53. The summed E-state index contributed by atoms with van der Waals surface area (Å²) in [6.45, 7) is 16.0. The van der Waals surface area contributed by atoms with Gasteiger partial charge in [0.05, 0.1) is 19.1 Å². The van der Waals surface area contributed by atoms with Gasteiger partial charge in [0, 0.05) is 17.1 Å². The summed E-state index contributed by atoms with van der Waals surface area (Å²) in [4.78, 5) is 34.3. The summed E-state index contributed by atoms with van der Waals surface area (Å²) in [5.74, 6) is -5.32. The lowest BCUT2D eigenvalue weighted by Crippen LogP contribution is -2.56. The van der Waals surface area contributed by atoms with Gasteiger partial charge >= 0.3 is 5.97 Å². The van der Waals surface area contributed by atoms with Crippen LogP contribution in [0.25, 0.3) is 0 Å². The third-order valence-electron chi connectivity index (χ3n) is 7.03. The Bertz CT molecular complexity index is 1180. The number of alkyl halides is 2. The lowest BCUT2D eigenvalue weighted by molar-refractivity contribution is -0.168. The van der Waals surface area contributed by atoms with Gasteiger partial charge in [0.1, 0.15) is 21.9 Å². The van der Waals surface area contributed by atoms with Gasteiger partial charge in [-0.2, -0.15) is 0 Å². The van der Waals surface area contributed by atoms with Crippen LogP contribution in [-0.4, -0.2) is 45.9 Å². The molecule has 1 saturated heterocycles. The highest BCUT2D eigenvalue weighted by Crippen LogP contribution is 2.56. The molecule has 0 N–H and O–H groups in total. The van der Waals surface area contributed by atoms with Crippen molar-refractivity contribution < 1.29 is 27.8 Å². The number of benzene rings is 1. The van der Waals surface area contributed by atoms with Gasteiger partial charge in [-0.3, -0.25) is 4.79 Å². The predicted molar refractivity (Wildman–Crippen MR) is 149 cm³/mol. The number of carbonyl (C=O) groups is 2. The maximum absolute atomic E-state index is 15.4. The van der Waals surface area contributed by atoms with Crippen molar-refractivity contribution in [2.24, 2.45) is 11.8 Å². The van der Waals surface area contributed by atoms with E-state index >= 15 is 8.78 Å². The summed E-state index contributed by atoms with van der Waals surface area (Å²) in [6, 6.07) is 4.02. The average molecular weight is 565 g/mol. The normalized spacial score (nSPS) is 22.3. The van der Waals surface area contributed by atoms with Gasteiger partial charge in [-0.05, 0) is 69.6 Å². The molecule has 0 bridgehead atoms. The number of likely N-dealkylation sites (tertiary alicyclic amines) is 1. The zero-order valence-corrected chi connectivity index (χ0v) is 25.5. The second kappa shape index (κ2) is 10.8. The van der Waals surface area contributed by atoms with Crippen molar-refractivity contribution in [2.75, 3.05) is 7.11 Å². The Labute approximate surface area is 235 Å². The number of hydrogen-bond acceptors (Lipinski definition) is 6. The number of carbonyl (C=O) groups excluding carboxylic acids is 2. The molecule has 0 radical (unpaired) electrons. The first-order valence-electron chi connectivity index (χ1n) is 13.3. The highest BCUT2D eigenvalue weighted by Gasteiger charge is 2.64. The van der Waals surface area contributed by atoms with Crippen LogP contribution in [0.1, 0.15) is 102 Å². The summed E-state index contributed by atoms with van der Waals surface area (Å²) < 4.78 is 42.2. The molecule has 1 aliphatic rings. The monoisotopic (exact) mass is 564 g/mol. The van der Waals surface area contributed by atoms with Gasteiger partial charge < -0.3 is 14.4 Å². The average Bonchev–Trinajstić information content (AvgIpc) is 3.42. The molecule has 3 atom stereocenters. The minimum Gasteiger partial charge on any atom is -0.496 e. The second-order valence-corrected chi connectivity index (χ2v) is 14.0. The summed E-state index contributed by atoms with van der Waals surface area (Å²) >= 11 is 1.20. The largest absolute Gasteiger partial charge is 0.496 e. The van der Waals surface area contributed by atoms with E-state index in [1.54, 1.807) is 38.3 Å². The fourth-order valence-electron chi connectivity index (χ4n) is 5.54. The zero-order chi connectivity index (χ0) is 29.6. The number of amides is 1. The topological polar surface area (TPSA) is 68.7 Å². The molecular weight excluding hydrogens is 522 g/mol. The number of methoxy groups -OCH3 is 1. The minimum atomic E-state index is -3.19. The van der Waals surface area contributed by atoms with Crippen LogP contribution < -0.4 is 4.74 Å². The number of thiazole rings is 1. The summed E-state index contributed by atoms with van der Waals surface area (Å²) in [5, 5.41) is 2.06. The maximum atomic E-state index is 15.4. The smallest absolute Gasteiger partial charge is 0.332 e. The first kappa shape index (κ1) is 31.0. The fraction of sp³-hybridized carbons (Fsp3) is 0.633. The van der Waals surface area contributed by atoms with Crippen molar-refractivity contribution in [1.82, 2.24) is 9.88 Å². The number of hydrogen-bond donors (Lipinski definition) is 0. The molecule has 9 heteroatoms. The molecular formula is C30H42F2N2O4S. The molecule has 0 spiro atoms. The Kier molecular flexibility index (Phi) is 8.57. The van der Waals surface area contributed by atoms with Crippen LogP contribution in [0.3, 0.4) is 0 Å². The van der Waals surface area contributed by atoms with E-state index in [1.807, 2.05) is 40.7 Å². The quantitative estimate of drug-likeness (QED) is 0.327. The molecule has 1 aromatic carbocycles. The fourth-order valence-corrected chi connectivity index (χ4v) is 6.33. The summed E-state index contributed by atoms with van der Waals surface area (Å²) in [6.07, 6.45) is 1.46.